The number of rotatable bonds is 1. The molecule has 1 aromatic rings. The molecule has 2 fully saturated rings. The molecule has 2 aliphatic rings. The molecule has 2 amide bonds. The number of nitrogens with zero attached hydrogens (tertiary/aromatic N) is 3. The molecule has 16 heavy (non-hydrogen) atoms. The van der Waals surface area contributed by atoms with Gasteiger partial charge >= 0.3 is 6.03 Å². The van der Waals surface area contributed by atoms with E-state index < -0.39 is 0 Å². The molecule has 0 aromatic carbocycles. The van der Waals surface area contributed by atoms with Crippen molar-refractivity contribution in [3.05, 3.63) is 5.01 Å². The first-order chi connectivity index (χ1) is 7.72. The third kappa shape index (κ3) is 1.78. The number of carbonyl (C=O) groups is 1. The van der Waals surface area contributed by atoms with Crippen molar-refractivity contribution in [1.82, 2.24) is 15.1 Å². The number of nitrogens with one attached hydrogen (secondary N) is 1. The van der Waals surface area contributed by atoms with E-state index in [0.29, 0.717) is 16.4 Å². The monoisotopic (exact) mass is 256 g/mol. The topological polar surface area (TPSA) is 58.1 Å². The van der Waals surface area contributed by atoms with Gasteiger partial charge in [0.2, 0.25) is 5.13 Å². The first kappa shape index (κ1) is 10.3. The SMILES string of the molecule is Cc1nnc(NC(=O)N2C[C@@H]3C[C@H]2CS3)s1. The molecule has 2 atom stereocenters. The average molecular weight is 256 g/mol. The number of likely N-dealkylation sites (tertiary alicyclic amines) is 1. The van der Waals surface area contributed by atoms with Crippen LogP contribution in [0.25, 0.3) is 0 Å². The van der Waals surface area contributed by atoms with Gasteiger partial charge in [0.05, 0.1) is 0 Å². The van der Waals surface area contributed by atoms with Crippen LogP contribution >= 0.6 is 23.1 Å². The Bertz CT molecular complexity index is 421. The minimum Gasteiger partial charge on any atom is -0.320 e. The lowest BCUT2D eigenvalue weighted by atomic mass is 10.2. The molecule has 0 aliphatic carbocycles. The summed E-state index contributed by atoms with van der Waals surface area (Å²) in [7, 11) is 0. The summed E-state index contributed by atoms with van der Waals surface area (Å²) >= 11 is 3.39. The predicted octanol–water partition coefficient (Wildman–Crippen LogP) is 1.57. The Morgan fingerprint density at radius 3 is 3.00 bits per heavy atom. The molecule has 0 saturated carbocycles. The molecule has 2 aliphatic heterocycles. The molecule has 5 nitrogen and oxygen atoms in total. The Balaban J connectivity index is 1.65. The summed E-state index contributed by atoms with van der Waals surface area (Å²) in [4.78, 5) is 13.9. The third-order valence-electron chi connectivity index (χ3n) is 2.90. The summed E-state index contributed by atoms with van der Waals surface area (Å²) in [5.74, 6) is 1.08. The highest BCUT2D eigenvalue weighted by atomic mass is 32.2. The Morgan fingerprint density at radius 1 is 1.56 bits per heavy atom. The molecule has 1 N–H and O–H groups in total. The van der Waals surface area contributed by atoms with Crippen molar-refractivity contribution in [2.75, 3.05) is 17.6 Å². The Kier molecular flexibility index (Phi) is 2.51. The zero-order valence-corrected chi connectivity index (χ0v) is 10.5. The maximum Gasteiger partial charge on any atom is 0.324 e. The Labute approximate surface area is 102 Å². The van der Waals surface area contributed by atoms with E-state index in [1.165, 1.54) is 11.3 Å². The predicted molar refractivity (Wildman–Crippen MR) is 65.0 cm³/mol. The maximum absolute atomic E-state index is 12.0. The number of hydrogen-bond donors (Lipinski definition) is 1. The Morgan fingerprint density at radius 2 is 2.44 bits per heavy atom. The van der Waals surface area contributed by atoms with Gasteiger partial charge in [-0.05, 0) is 13.3 Å². The van der Waals surface area contributed by atoms with Crippen LogP contribution < -0.4 is 5.32 Å². The number of aromatic nitrogens is 2. The van der Waals surface area contributed by atoms with E-state index in [4.69, 9.17) is 0 Å². The molecule has 0 radical (unpaired) electrons. The highest BCUT2D eigenvalue weighted by Crippen LogP contribution is 2.37. The van der Waals surface area contributed by atoms with Gasteiger partial charge in [-0.2, -0.15) is 11.8 Å². The quantitative estimate of drug-likeness (QED) is 0.828. The van der Waals surface area contributed by atoms with Crippen LogP contribution in [-0.2, 0) is 0 Å². The van der Waals surface area contributed by atoms with E-state index in [1.807, 2.05) is 23.6 Å². The number of hydrogen-bond acceptors (Lipinski definition) is 5. The number of urea groups is 1. The van der Waals surface area contributed by atoms with E-state index in [1.54, 1.807) is 0 Å². The zero-order valence-electron chi connectivity index (χ0n) is 8.84. The fourth-order valence-corrected chi connectivity index (χ4v) is 4.17. The molecular weight excluding hydrogens is 244 g/mol. The van der Waals surface area contributed by atoms with Crippen LogP contribution in [0.15, 0.2) is 0 Å². The van der Waals surface area contributed by atoms with Gasteiger partial charge in [0.25, 0.3) is 0 Å². The van der Waals surface area contributed by atoms with Crippen molar-refractivity contribution in [2.24, 2.45) is 0 Å². The summed E-state index contributed by atoms with van der Waals surface area (Å²) in [5.41, 5.74) is 0. The number of aryl methyl sites for hydroxylation is 1. The van der Waals surface area contributed by atoms with Crippen LogP contribution in [-0.4, -0.2) is 44.7 Å². The largest absolute Gasteiger partial charge is 0.324 e. The molecule has 2 bridgehead atoms. The number of fused-ring (bicyclic) bond motifs is 2. The van der Waals surface area contributed by atoms with Gasteiger partial charge in [-0.3, -0.25) is 5.32 Å². The highest BCUT2D eigenvalue weighted by Gasteiger charge is 2.41. The number of amides is 2. The fraction of sp³-hybridized carbons (Fsp3) is 0.667. The first-order valence-electron chi connectivity index (χ1n) is 5.21. The van der Waals surface area contributed by atoms with Crippen molar-refractivity contribution < 1.29 is 4.79 Å². The fourth-order valence-electron chi connectivity index (χ4n) is 2.16. The molecule has 0 spiro atoms. The van der Waals surface area contributed by atoms with E-state index in [9.17, 15) is 4.79 Å². The van der Waals surface area contributed by atoms with Crippen molar-refractivity contribution in [2.45, 2.75) is 24.6 Å². The molecule has 7 heteroatoms. The lowest BCUT2D eigenvalue weighted by Crippen LogP contribution is -2.41. The van der Waals surface area contributed by atoms with Gasteiger partial charge in [0.15, 0.2) is 0 Å². The summed E-state index contributed by atoms with van der Waals surface area (Å²) in [5, 5.41) is 12.7. The first-order valence-corrected chi connectivity index (χ1v) is 7.08. The second kappa shape index (κ2) is 3.89. The van der Waals surface area contributed by atoms with E-state index in [2.05, 4.69) is 15.5 Å². The van der Waals surface area contributed by atoms with Crippen LogP contribution in [0.4, 0.5) is 9.93 Å². The van der Waals surface area contributed by atoms with Gasteiger partial charge in [0.1, 0.15) is 5.01 Å². The van der Waals surface area contributed by atoms with Crippen LogP contribution in [0.2, 0.25) is 0 Å². The minimum absolute atomic E-state index is 0.0241. The van der Waals surface area contributed by atoms with Crippen LogP contribution in [0, 0.1) is 6.92 Å². The van der Waals surface area contributed by atoms with Crippen LogP contribution in [0.5, 0.6) is 0 Å². The molecule has 3 rings (SSSR count). The molecule has 86 valence electrons. The smallest absolute Gasteiger partial charge is 0.320 e. The third-order valence-corrected chi connectivity index (χ3v) is 5.05. The van der Waals surface area contributed by atoms with Crippen molar-refractivity contribution in [3.8, 4) is 0 Å². The number of thioether (sulfide) groups is 1. The standard InChI is InChI=1S/C9H12N4OS2/c1-5-11-12-8(16-5)10-9(14)13-3-7-2-6(13)4-15-7/h6-7H,2-4H2,1H3,(H,10,12,14)/t6-,7-/m0/s1. The van der Waals surface area contributed by atoms with E-state index >= 15 is 0 Å². The highest BCUT2D eigenvalue weighted by molar-refractivity contribution is 8.00. The second-order valence-corrected chi connectivity index (χ2v) is 6.57. The Hall–Kier alpha value is -0.820. The summed E-state index contributed by atoms with van der Waals surface area (Å²) in [6.07, 6.45) is 1.15. The lowest BCUT2D eigenvalue weighted by molar-refractivity contribution is 0.210. The van der Waals surface area contributed by atoms with Gasteiger partial charge in [0, 0.05) is 23.6 Å². The van der Waals surface area contributed by atoms with E-state index in [0.717, 1.165) is 23.7 Å². The van der Waals surface area contributed by atoms with Crippen molar-refractivity contribution >= 4 is 34.3 Å². The van der Waals surface area contributed by atoms with Gasteiger partial charge in [-0.25, -0.2) is 4.79 Å². The number of carbonyl (C=O) groups excluding carboxylic acids is 1. The maximum atomic E-state index is 12.0. The van der Waals surface area contributed by atoms with Crippen LogP contribution in [0.3, 0.4) is 0 Å². The molecule has 3 heterocycles. The summed E-state index contributed by atoms with van der Waals surface area (Å²) < 4.78 is 0. The van der Waals surface area contributed by atoms with Gasteiger partial charge in [-0.1, -0.05) is 11.3 Å². The zero-order chi connectivity index (χ0) is 11.1. The average Bonchev–Trinajstić information content (AvgIpc) is 2.93. The lowest BCUT2D eigenvalue weighted by Gasteiger charge is -2.26. The van der Waals surface area contributed by atoms with Gasteiger partial charge < -0.3 is 4.90 Å². The van der Waals surface area contributed by atoms with Gasteiger partial charge in [-0.15, -0.1) is 10.2 Å². The normalized spacial score (nSPS) is 27.4. The minimum atomic E-state index is -0.0241. The van der Waals surface area contributed by atoms with Crippen molar-refractivity contribution in [1.29, 1.82) is 0 Å². The molecule has 2 saturated heterocycles. The summed E-state index contributed by atoms with van der Waals surface area (Å²) in [6.45, 7) is 2.75. The molecular formula is C9H12N4OS2. The summed E-state index contributed by atoms with van der Waals surface area (Å²) in [6, 6.07) is 0.396. The van der Waals surface area contributed by atoms with Crippen molar-refractivity contribution in [3.63, 3.8) is 0 Å². The second-order valence-electron chi connectivity index (χ2n) is 4.05. The molecule has 1 aromatic heterocycles. The molecule has 0 unspecified atom stereocenters. The van der Waals surface area contributed by atoms with E-state index in [-0.39, 0.29) is 6.03 Å². The number of anilines is 1. The van der Waals surface area contributed by atoms with Crippen LogP contribution in [0.1, 0.15) is 11.4 Å².